The van der Waals surface area contributed by atoms with E-state index in [9.17, 15) is 9.18 Å². The second kappa shape index (κ2) is 5.65. The van der Waals surface area contributed by atoms with E-state index in [1.807, 2.05) is 30.3 Å². The van der Waals surface area contributed by atoms with Crippen LogP contribution in [0.1, 0.15) is 12.5 Å². The Balaban J connectivity index is 2.33. The van der Waals surface area contributed by atoms with Crippen LogP contribution in [0.15, 0.2) is 48.5 Å². The molecule has 0 fully saturated rings. The highest BCUT2D eigenvalue weighted by Crippen LogP contribution is 2.24. The highest BCUT2D eigenvalue weighted by atomic mass is 19.1. The second-order valence-corrected chi connectivity index (χ2v) is 4.62. The molecule has 0 radical (unpaired) electrons. The number of hydrogen-bond acceptors (Lipinski definition) is 1. The maximum absolute atomic E-state index is 13.8. The zero-order valence-electron chi connectivity index (χ0n) is 10.6. The lowest BCUT2D eigenvalue weighted by Crippen LogP contribution is -2.12. The normalized spacial score (nSPS) is 12.1. The van der Waals surface area contributed by atoms with Gasteiger partial charge in [-0.2, -0.15) is 0 Å². The third-order valence-corrected chi connectivity index (χ3v) is 3.08. The topological polar surface area (TPSA) is 37.3 Å². The van der Waals surface area contributed by atoms with Gasteiger partial charge in [-0.3, -0.25) is 4.79 Å². The van der Waals surface area contributed by atoms with E-state index in [2.05, 4.69) is 0 Å². The molecule has 0 saturated heterocycles. The van der Waals surface area contributed by atoms with Crippen LogP contribution >= 0.6 is 0 Å². The Morgan fingerprint density at radius 1 is 1.21 bits per heavy atom. The van der Waals surface area contributed by atoms with Crippen LogP contribution in [0.25, 0.3) is 11.1 Å². The number of hydrogen-bond donors (Lipinski definition) is 1. The summed E-state index contributed by atoms with van der Waals surface area (Å²) < 4.78 is 13.8. The summed E-state index contributed by atoms with van der Waals surface area (Å²) in [6, 6.07) is 14.0. The number of carboxylic acid groups (broad SMARTS) is 1. The number of halogens is 1. The van der Waals surface area contributed by atoms with Gasteiger partial charge in [0, 0.05) is 5.56 Å². The Hall–Kier alpha value is -2.16. The van der Waals surface area contributed by atoms with Gasteiger partial charge in [-0.1, -0.05) is 43.3 Å². The minimum atomic E-state index is -0.842. The van der Waals surface area contributed by atoms with Crippen LogP contribution in [0.4, 0.5) is 4.39 Å². The highest BCUT2D eigenvalue weighted by molar-refractivity contribution is 5.70. The predicted molar refractivity (Wildman–Crippen MR) is 72.3 cm³/mol. The summed E-state index contributed by atoms with van der Waals surface area (Å²) >= 11 is 0. The van der Waals surface area contributed by atoms with Gasteiger partial charge in [-0.05, 0) is 29.7 Å². The van der Waals surface area contributed by atoms with E-state index in [1.165, 1.54) is 6.07 Å². The van der Waals surface area contributed by atoms with Gasteiger partial charge in [0.15, 0.2) is 0 Å². The molecule has 0 bridgehead atoms. The molecule has 98 valence electrons. The third-order valence-electron chi connectivity index (χ3n) is 3.08. The summed E-state index contributed by atoms with van der Waals surface area (Å²) in [7, 11) is 0. The van der Waals surface area contributed by atoms with Gasteiger partial charge >= 0.3 is 5.97 Å². The zero-order valence-corrected chi connectivity index (χ0v) is 10.6. The summed E-state index contributed by atoms with van der Waals surface area (Å²) in [6.45, 7) is 1.65. The summed E-state index contributed by atoms with van der Waals surface area (Å²) in [5, 5.41) is 8.91. The summed E-state index contributed by atoms with van der Waals surface area (Å²) in [6.07, 6.45) is 0.398. The second-order valence-electron chi connectivity index (χ2n) is 4.62. The Kier molecular flexibility index (Phi) is 3.95. The van der Waals surface area contributed by atoms with Crippen molar-refractivity contribution >= 4 is 5.97 Å². The van der Waals surface area contributed by atoms with Crippen LogP contribution in [0.5, 0.6) is 0 Å². The maximum Gasteiger partial charge on any atom is 0.306 e. The summed E-state index contributed by atoms with van der Waals surface area (Å²) in [5.74, 6) is -1.61. The van der Waals surface area contributed by atoms with Crippen molar-refractivity contribution in [2.24, 2.45) is 5.92 Å². The van der Waals surface area contributed by atoms with E-state index < -0.39 is 11.9 Å². The molecular formula is C16H15FO2. The fourth-order valence-corrected chi connectivity index (χ4v) is 1.98. The van der Waals surface area contributed by atoms with Crippen LogP contribution in [-0.4, -0.2) is 11.1 Å². The van der Waals surface area contributed by atoms with Crippen LogP contribution in [0, 0.1) is 11.7 Å². The highest BCUT2D eigenvalue weighted by Gasteiger charge is 2.13. The van der Waals surface area contributed by atoms with Gasteiger partial charge in [0.25, 0.3) is 0 Å². The fourth-order valence-electron chi connectivity index (χ4n) is 1.98. The molecule has 0 aromatic heterocycles. The Morgan fingerprint density at radius 2 is 1.89 bits per heavy atom. The molecular weight excluding hydrogens is 243 g/mol. The lowest BCUT2D eigenvalue weighted by molar-refractivity contribution is -0.141. The first-order valence-electron chi connectivity index (χ1n) is 6.14. The molecule has 1 N–H and O–H groups in total. The molecule has 2 aromatic carbocycles. The molecule has 0 spiro atoms. The average Bonchev–Trinajstić information content (AvgIpc) is 2.41. The lowest BCUT2D eigenvalue weighted by Gasteiger charge is -2.09. The fraction of sp³-hybridized carbons (Fsp3) is 0.188. The van der Waals surface area contributed by atoms with Crippen molar-refractivity contribution < 1.29 is 14.3 Å². The van der Waals surface area contributed by atoms with E-state index in [0.717, 1.165) is 11.1 Å². The lowest BCUT2D eigenvalue weighted by atomic mass is 9.97. The molecule has 0 saturated carbocycles. The average molecular weight is 258 g/mol. The zero-order chi connectivity index (χ0) is 13.8. The van der Waals surface area contributed by atoms with Crippen molar-refractivity contribution in [2.75, 3.05) is 0 Å². The van der Waals surface area contributed by atoms with Crippen LogP contribution < -0.4 is 0 Å². The monoisotopic (exact) mass is 258 g/mol. The first kappa shape index (κ1) is 13.3. The quantitative estimate of drug-likeness (QED) is 0.906. The van der Waals surface area contributed by atoms with E-state index in [-0.39, 0.29) is 5.82 Å². The minimum Gasteiger partial charge on any atom is -0.481 e. The third kappa shape index (κ3) is 3.19. The molecule has 2 rings (SSSR count). The molecule has 0 amide bonds. The van der Waals surface area contributed by atoms with Gasteiger partial charge in [-0.15, -0.1) is 0 Å². The van der Waals surface area contributed by atoms with Crippen molar-refractivity contribution in [2.45, 2.75) is 13.3 Å². The van der Waals surface area contributed by atoms with E-state index in [4.69, 9.17) is 5.11 Å². The number of benzene rings is 2. The summed E-state index contributed by atoms with van der Waals surface area (Å²) in [5.41, 5.74) is 2.13. The maximum atomic E-state index is 13.8. The van der Waals surface area contributed by atoms with Gasteiger partial charge in [0.1, 0.15) is 5.82 Å². The van der Waals surface area contributed by atoms with E-state index in [1.54, 1.807) is 19.1 Å². The molecule has 0 aliphatic heterocycles. The van der Waals surface area contributed by atoms with E-state index >= 15 is 0 Å². The first-order chi connectivity index (χ1) is 9.08. The molecule has 1 unspecified atom stereocenters. The molecule has 3 heteroatoms. The first-order valence-corrected chi connectivity index (χ1v) is 6.14. The van der Waals surface area contributed by atoms with Gasteiger partial charge in [-0.25, -0.2) is 4.39 Å². The number of carbonyl (C=O) groups is 1. The van der Waals surface area contributed by atoms with Gasteiger partial charge in [0.05, 0.1) is 5.92 Å². The van der Waals surface area contributed by atoms with Crippen LogP contribution in [-0.2, 0) is 11.2 Å². The SMILES string of the molecule is CC(Cc1ccc(F)c(-c2ccccc2)c1)C(=O)O. The van der Waals surface area contributed by atoms with E-state index in [0.29, 0.717) is 12.0 Å². The molecule has 1 atom stereocenters. The Morgan fingerprint density at radius 3 is 2.53 bits per heavy atom. The Bertz CT molecular complexity index is 579. The van der Waals surface area contributed by atoms with Gasteiger partial charge < -0.3 is 5.11 Å². The number of rotatable bonds is 4. The molecule has 2 nitrogen and oxygen atoms in total. The number of carboxylic acids is 1. The van der Waals surface area contributed by atoms with Crippen molar-refractivity contribution in [3.63, 3.8) is 0 Å². The molecule has 0 heterocycles. The molecule has 19 heavy (non-hydrogen) atoms. The smallest absolute Gasteiger partial charge is 0.306 e. The standard InChI is InChI=1S/C16H15FO2/c1-11(16(18)19)9-12-7-8-15(17)14(10-12)13-5-3-2-4-6-13/h2-8,10-11H,9H2,1H3,(H,18,19). The van der Waals surface area contributed by atoms with Gasteiger partial charge in [0.2, 0.25) is 0 Å². The van der Waals surface area contributed by atoms with Crippen LogP contribution in [0.2, 0.25) is 0 Å². The predicted octanol–water partition coefficient (Wildman–Crippen LogP) is 3.76. The summed E-state index contributed by atoms with van der Waals surface area (Å²) in [4.78, 5) is 10.9. The van der Waals surface area contributed by atoms with Crippen molar-refractivity contribution in [3.05, 3.63) is 59.9 Å². The van der Waals surface area contributed by atoms with Crippen molar-refractivity contribution in [1.29, 1.82) is 0 Å². The van der Waals surface area contributed by atoms with Crippen molar-refractivity contribution in [3.8, 4) is 11.1 Å². The number of aliphatic carboxylic acids is 1. The van der Waals surface area contributed by atoms with Crippen molar-refractivity contribution in [1.82, 2.24) is 0 Å². The minimum absolute atomic E-state index is 0.294. The largest absolute Gasteiger partial charge is 0.481 e. The molecule has 2 aromatic rings. The van der Waals surface area contributed by atoms with Crippen LogP contribution in [0.3, 0.4) is 0 Å². The molecule has 0 aliphatic carbocycles. The molecule has 0 aliphatic rings. The Labute approximate surface area is 111 Å².